The molecule has 0 radical (unpaired) electrons. The van der Waals surface area contributed by atoms with Gasteiger partial charge in [0.25, 0.3) is 0 Å². The largest absolute Gasteiger partial charge is 0.392 e. The Morgan fingerprint density at radius 1 is 1.40 bits per heavy atom. The highest BCUT2D eigenvalue weighted by Crippen LogP contribution is 2.07. The fourth-order valence-corrected chi connectivity index (χ4v) is 2.28. The summed E-state index contributed by atoms with van der Waals surface area (Å²) in [6.07, 6.45) is 3.99. The molecule has 0 aliphatic carbocycles. The Morgan fingerprint density at radius 2 is 2.07 bits per heavy atom. The van der Waals surface area contributed by atoms with Crippen LogP contribution in [0.3, 0.4) is 0 Å². The number of nitrogens with two attached hydrogens (primary N) is 1. The number of likely N-dealkylation sites (tertiary alicyclic amines) is 1. The van der Waals surface area contributed by atoms with Gasteiger partial charge in [-0.05, 0) is 52.0 Å². The third kappa shape index (κ3) is 5.44. The van der Waals surface area contributed by atoms with Gasteiger partial charge in [0.2, 0.25) is 0 Å². The first-order valence-corrected chi connectivity index (χ1v) is 6.36. The molecular weight excluding hydrogens is 206 g/mol. The quantitative estimate of drug-likeness (QED) is 0.662. The molecule has 1 heterocycles. The maximum atomic E-state index is 5.54. The van der Waals surface area contributed by atoms with Crippen molar-refractivity contribution in [2.75, 3.05) is 39.3 Å². The van der Waals surface area contributed by atoms with E-state index < -0.39 is 0 Å². The minimum absolute atomic E-state index is 0.609. The number of likely N-dealkylation sites (N-methyl/N-ethyl adjacent to an activating group) is 1. The summed E-state index contributed by atoms with van der Waals surface area (Å²) >= 11 is 4.92. The van der Waals surface area contributed by atoms with E-state index in [9.17, 15) is 0 Å². The first-order chi connectivity index (χ1) is 7.22. The second-order valence-electron chi connectivity index (χ2n) is 4.24. The number of hydrogen-bond acceptors (Lipinski definition) is 3. The minimum Gasteiger partial charge on any atom is -0.392 e. The Morgan fingerprint density at radius 3 is 2.60 bits per heavy atom. The first kappa shape index (κ1) is 12.9. The first-order valence-electron chi connectivity index (χ1n) is 5.95. The topological polar surface area (TPSA) is 32.5 Å². The molecule has 1 rings (SSSR count). The molecule has 88 valence electrons. The summed E-state index contributed by atoms with van der Waals surface area (Å²) < 4.78 is 0. The van der Waals surface area contributed by atoms with Crippen LogP contribution in [0.25, 0.3) is 0 Å². The molecule has 0 amide bonds. The van der Waals surface area contributed by atoms with Crippen molar-refractivity contribution in [3.8, 4) is 0 Å². The van der Waals surface area contributed by atoms with Crippen LogP contribution in [0, 0.1) is 0 Å². The summed E-state index contributed by atoms with van der Waals surface area (Å²) in [5.41, 5.74) is 5.54. The van der Waals surface area contributed by atoms with E-state index in [0.29, 0.717) is 4.99 Å². The highest BCUT2D eigenvalue weighted by molar-refractivity contribution is 7.80. The van der Waals surface area contributed by atoms with Gasteiger partial charge in [0, 0.05) is 6.54 Å². The number of hydrogen-bond donors (Lipinski definition) is 1. The van der Waals surface area contributed by atoms with Crippen LogP contribution in [-0.2, 0) is 0 Å². The van der Waals surface area contributed by atoms with E-state index in [0.717, 1.165) is 19.6 Å². The van der Waals surface area contributed by atoms with Crippen molar-refractivity contribution in [2.24, 2.45) is 5.73 Å². The number of nitrogens with zero attached hydrogens (tertiary/aromatic N) is 2. The molecule has 0 aromatic heterocycles. The lowest BCUT2D eigenvalue weighted by atomic mass is 10.3. The molecule has 1 fully saturated rings. The van der Waals surface area contributed by atoms with Gasteiger partial charge in [-0.2, -0.15) is 0 Å². The Bertz CT molecular complexity index is 190. The summed E-state index contributed by atoms with van der Waals surface area (Å²) in [7, 11) is 0. The number of rotatable bonds is 7. The average molecular weight is 229 g/mol. The van der Waals surface area contributed by atoms with Gasteiger partial charge in [0.15, 0.2) is 0 Å². The van der Waals surface area contributed by atoms with Crippen LogP contribution in [0.1, 0.15) is 26.2 Å². The molecule has 0 unspecified atom stereocenters. The molecule has 0 bridgehead atoms. The van der Waals surface area contributed by atoms with Crippen LogP contribution in [0.5, 0.6) is 0 Å². The van der Waals surface area contributed by atoms with Crippen LogP contribution in [0.15, 0.2) is 0 Å². The Labute approximate surface area is 98.6 Å². The lowest BCUT2D eigenvalue weighted by molar-refractivity contribution is 0.276. The molecule has 2 N–H and O–H groups in total. The van der Waals surface area contributed by atoms with Crippen molar-refractivity contribution in [3.05, 3.63) is 0 Å². The second-order valence-corrected chi connectivity index (χ2v) is 4.76. The minimum atomic E-state index is 0.609. The highest BCUT2D eigenvalue weighted by Gasteiger charge is 2.11. The van der Waals surface area contributed by atoms with Gasteiger partial charge < -0.3 is 10.6 Å². The fraction of sp³-hybridized carbons (Fsp3) is 0.909. The van der Waals surface area contributed by atoms with E-state index in [1.807, 2.05) is 0 Å². The van der Waals surface area contributed by atoms with E-state index in [1.54, 1.807) is 0 Å². The maximum Gasteiger partial charge on any atom is 0.0870 e. The third-order valence-corrected chi connectivity index (χ3v) is 3.10. The van der Waals surface area contributed by atoms with Crippen LogP contribution >= 0.6 is 12.2 Å². The summed E-state index contributed by atoms with van der Waals surface area (Å²) in [5.74, 6) is 0. The Balaban J connectivity index is 2.07. The average Bonchev–Trinajstić information content (AvgIpc) is 2.68. The van der Waals surface area contributed by atoms with Crippen molar-refractivity contribution in [1.82, 2.24) is 9.80 Å². The maximum absolute atomic E-state index is 5.54. The third-order valence-electron chi connectivity index (χ3n) is 2.97. The van der Waals surface area contributed by atoms with Crippen molar-refractivity contribution in [3.63, 3.8) is 0 Å². The van der Waals surface area contributed by atoms with Crippen molar-refractivity contribution in [1.29, 1.82) is 0 Å². The van der Waals surface area contributed by atoms with Gasteiger partial charge in [-0.3, -0.25) is 4.90 Å². The molecule has 0 aromatic rings. The number of thiocarbonyl (C=S) groups is 1. The zero-order valence-electron chi connectivity index (χ0n) is 9.74. The lowest BCUT2D eigenvalue weighted by Gasteiger charge is -2.21. The van der Waals surface area contributed by atoms with Crippen molar-refractivity contribution in [2.45, 2.75) is 26.2 Å². The smallest absolute Gasteiger partial charge is 0.0870 e. The second kappa shape index (κ2) is 7.14. The normalized spacial score (nSPS) is 17.5. The summed E-state index contributed by atoms with van der Waals surface area (Å²) in [6.45, 7) is 8.90. The molecule has 0 spiro atoms. The summed E-state index contributed by atoms with van der Waals surface area (Å²) in [4.78, 5) is 5.48. The van der Waals surface area contributed by atoms with E-state index in [4.69, 9.17) is 18.0 Å². The zero-order chi connectivity index (χ0) is 11.1. The van der Waals surface area contributed by atoms with Crippen molar-refractivity contribution >= 4 is 17.2 Å². The standard InChI is InChI=1S/C11H23N3S/c1-2-13(10-11(12)15)8-5-9-14-6-3-4-7-14/h2-10H2,1H3,(H2,12,15). The molecule has 4 heteroatoms. The van der Waals surface area contributed by atoms with Crippen LogP contribution in [0.4, 0.5) is 0 Å². The van der Waals surface area contributed by atoms with Crippen molar-refractivity contribution < 1.29 is 0 Å². The Kier molecular flexibility index (Phi) is 6.13. The van der Waals surface area contributed by atoms with E-state index in [2.05, 4.69) is 16.7 Å². The van der Waals surface area contributed by atoms with Crippen LogP contribution < -0.4 is 5.73 Å². The summed E-state index contributed by atoms with van der Waals surface area (Å²) in [6, 6.07) is 0. The molecule has 15 heavy (non-hydrogen) atoms. The fourth-order valence-electron chi connectivity index (χ4n) is 2.09. The summed E-state index contributed by atoms with van der Waals surface area (Å²) in [5, 5.41) is 0. The zero-order valence-corrected chi connectivity index (χ0v) is 10.6. The molecule has 0 aromatic carbocycles. The van der Waals surface area contributed by atoms with Gasteiger partial charge in [-0.15, -0.1) is 0 Å². The van der Waals surface area contributed by atoms with Crippen LogP contribution in [-0.4, -0.2) is 54.1 Å². The molecule has 1 aliphatic rings. The molecule has 0 atom stereocenters. The van der Waals surface area contributed by atoms with Gasteiger partial charge in [0.1, 0.15) is 0 Å². The SMILES string of the molecule is CCN(CCCN1CCCC1)CC(N)=S. The highest BCUT2D eigenvalue weighted by atomic mass is 32.1. The molecule has 1 saturated heterocycles. The van der Waals surface area contributed by atoms with Gasteiger partial charge in [0.05, 0.1) is 4.99 Å². The van der Waals surface area contributed by atoms with Gasteiger partial charge >= 0.3 is 0 Å². The lowest BCUT2D eigenvalue weighted by Crippen LogP contribution is -2.34. The van der Waals surface area contributed by atoms with Gasteiger partial charge in [-0.1, -0.05) is 19.1 Å². The predicted octanol–water partition coefficient (Wildman–Crippen LogP) is 1.08. The molecular formula is C11H23N3S. The van der Waals surface area contributed by atoms with E-state index in [-0.39, 0.29) is 0 Å². The molecule has 0 saturated carbocycles. The Hall–Kier alpha value is -0.190. The van der Waals surface area contributed by atoms with E-state index >= 15 is 0 Å². The van der Waals surface area contributed by atoms with E-state index in [1.165, 1.54) is 38.9 Å². The predicted molar refractivity (Wildman–Crippen MR) is 69.2 cm³/mol. The van der Waals surface area contributed by atoms with Gasteiger partial charge in [-0.25, -0.2) is 0 Å². The monoisotopic (exact) mass is 229 g/mol. The molecule has 3 nitrogen and oxygen atoms in total. The van der Waals surface area contributed by atoms with Crippen LogP contribution in [0.2, 0.25) is 0 Å². The molecule has 1 aliphatic heterocycles.